The molecule has 138 valence electrons. The minimum Gasteiger partial charge on any atom is -0.459 e. The van der Waals surface area contributed by atoms with Crippen LogP contribution in [-0.2, 0) is 27.4 Å². The normalized spacial score (nSPS) is 14.8. The van der Waals surface area contributed by atoms with E-state index in [1.807, 2.05) is 36.6 Å². The standard InChI is InChI=1S/C20H24N2O3S/c1-14-7-9-16(10-8-14)21-18(23)11-19-22-17(13-26-19)12-25-20(24)15-5-3-2-4-6-15/h7-10,13,15H,2-6,11-12H2,1H3,(H,21,23). The Kier molecular flexibility index (Phi) is 6.39. The van der Waals surface area contributed by atoms with Gasteiger partial charge in [0.25, 0.3) is 0 Å². The van der Waals surface area contributed by atoms with E-state index in [9.17, 15) is 9.59 Å². The molecule has 0 atom stereocenters. The first kappa shape index (κ1) is 18.6. The molecule has 0 radical (unpaired) electrons. The topological polar surface area (TPSA) is 68.3 Å². The number of nitrogens with one attached hydrogen (secondary N) is 1. The molecule has 0 spiro atoms. The molecule has 26 heavy (non-hydrogen) atoms. The lowest BCUT2D eigenvalue weighted by atomic mass is 9.89. The Balaban J connectivity index is 1.45. The lowest BCUT2D eigenvalue weighted by Crippen LogP contribution is -2.20. The van der Waals surface area contributed by atoms with Crippen molar-refractivity contribution in [3.8, 4) is 0 Å². The summed E-state index contributed by atoms with van der Waals surface area (Å²) in [6.07, 6.45) is 5.51. The van der Waals surface area contributed by atoms with Crippen molar-refractivity contribution in [1.29, 1.82) is 0 Å². The molecule has 0 saturated heterocycles. The van der Waals surface area contributed by atoms with E-state index in [4.69, 9.17) is 4.74 Å². The van der Waals surface area contributed by atoms with Gasteiger partial charge in [0.1, 0.15) is 11.6 Å². The van der Waals surface area contributed by atoms with E-state index < -0.39 is 0 Å². The fraction of sp³-hybridized carbons (Fsp3) is 0.450. The van der Waals surface area contributed by atoms with Crippen molar-refractivity contribution in [3.05, 3.63) is 45.9 Å². The molecule has 1 heterocycles. The van der Waals surface area contributed by atoms with Crippen LogP contribution in [0, 0.1) is 12.8 Å². The summed E-state index contributed by atoms with van der Waals surface area (Å²) in [5.41, 5.74) is 2.63. The summed E-state index contributed by atoms with van der Waals surface area (Å²) in [6.45, 7) is 2.19. The average Bonchev–Trinajstić information content (AvgIpc) is 3.09. The number of rotatable bonds is 6. The van der Waals surface area contributed by atoms with Crippen molar-refractivity contribution in [2.24, 2.45) is 5.92 Å². The number of amides is 1. The molecule has 1 aliphatic carbocycles. The van der Waals surface area contributed by atoms with Gasteiger partial charge in [-0.05, 0) is 31.9 Å². The maximum absolute atomic E-state index is 12.1. The number of ether oxygens (including phenoxy) is 1. The van der Waals surface area contributed by atoms with Crippen LogP contribution in [0.25, 0.3) is 0 Å². The monoisotopic (exact) mass is 372 g/mol. The molecule has 1 aromatic heterocycles. The number of esters is 1. The van der Waals surface area contributed by atoms with Gasteiger partial charge in [0.05, 0.1) is 18.0 Å². The summed E-state index contributed by atoms with van der Waals surface area (Å²) in [5, 5.41) is 5.43. The number of hydrogen-bond acceptors (Lipinski definition) is 5. The van der Waals surface area contributed by atoms with Gasteiger partial charge in [-0.3, -0.25) is 9.59 Å². The molecule has 3 rings (SSSR count). The van der Waals surface area contributed by atoms with Crippen LogP contribution in [0.3, 0.4) is 0 Å². The summed E-state index contributed by atoms with van der Waals surface area (Å²) >= 11 is 1.41. The largest absolute Gasteiger partial charge is 0.459 e. The van der Waals surface area contributed by atoms with E-state index in [2.05, 4.69) is 10.3 Å². The summed E-state index contributed by atoms with van der Waals surface area (Å²) in [6, 6.07) is 7.67. The SMILES string of the molecule is Cc1ccc(NC(=O)Cc2nc(COC(=O)C3CCCCC3)cs2)cc1. The molecule has 0 aliphatic heterocycles. The average molecular weight is 372 g/mol. The van der Waals surface area contributed by atoms with Gasteiger partial charge >= 0.3 is 5.97 Å². The molecule has 1 aromatic carbocycles. The number of hydrogen-bond donors (Lipinski definition) is 1. The second-order valence-corrected chi connectivity index (χ2v) is 7.71. The highest BCUT2D eigenvalue weighted by molar-refractivity contribution is 7.09. The van der Waals surface area contributed by atoms with E-state index in [1.165, 1.54) is 17.8 Å². The fourth-order valence-electron chi connectivity index (χ4n) is 3.08. The third-order valence-corrected chi connectivity index (χ3v) is 5.44. The van der Waals surface area contributed by atoms with Crippen molar-refractivity contribution in [2.75, 3.05) is 5.32 Å². The van der Waals surface area contributed by atoms with Crippen LogP contribution in [-0.4, -0.2) is 16.9 Å². The zero-order valence-electron chi connectivity index (χ0n) is 15.0. The van der Waals surface area contributed by atoms with Gasteiger partial charge < -0.3 is 10.1 Å². The van der Waals surface area contributed by atoms with Gasteiger partial charge in [0.2, 0.25) is 5.91 Å². The number of anilines is 1. The first-order chi connectivity index (χ1) is 12.6. The molecule has 0 bridgehead atoms. The zero-order chi connectivity index (χ0) is 18.4. The first-order valence-corrected chi connectivity index (χ1v) is 9.94. The quantitative estimate of drug-likeness (QED) is 0.770. The van der Waals surface area contributed by atoms with Crippen LogP contribution in [0.2, 0.25) is 0 Å². The number of aromatic nitrogens is 1. The van der Waals surface area contributed by atoms with Gasteiger partial charge in [-0.1, -0.05) is 37.0 Å². The summed E-state index contributed by atoms with van der Waals surface area (Å²) in [4.78, 5) is 28.6. The predicted molar refractivity (Wildman–Crippen MR) is 102 cm³/mol. The van der Waals surface area contributed by atoms with Crippen LogP contribution < -0.4 is 5.32 Å². The number of benzene rings is 1. The molecule has 2 aromatic rings. The van der Waals surface area contributed by atoms with Gasteiger partial charge in [-0.2, -0.15) is 0 Å². The molecule has 5 nitrogen and oxygen atoms in total. The molecular weight excluding hydrogens is 348 g/mol. The van der Waals surface area contributed by atoms with Crippen molar-refractivity contribution in [3.63, 3.8) is 0 Å². The number of thiazole rings is 1. The third-order valence-electron chi connectivity index (χ3n) is 4.55. The van der Waals surface area contributed by atoms with Crippen LogP contribution in [0.4, 0.5) is 5.69 Å². The van der Waals surface area contributed by atoms with Crippen LogP contribution in [0.15, 0.2) is 29.6 Å². The highest BCUT2D eigenvalue weighted by Gasteiger charge is 2.22. The molecule has 1 fully saturated rings. The number of aryl methyl sites for hydroxylation is 1. The van der Waals surface area contributed by atoms with Crippen molar-refractivity contribution in [1.82, 2.24) is 4.98 Å². The Labute approximate surface area is 157 Å². The van der Waals surface area contributed by atoms with Crippen molar-refractivity contribution < 1.29 is 14.3 Å². The zero-order valence-corrected chi connectivity index (χ0v) is 15.8. The van der Waals surface area contributed by atoms with Crippen molar-refractivity contribution in [2.45, 2.75) is 52.1 Å². The summed E-state index contributed by atoms with van der Waals surface area (Å²) in [5.74, 6) is -0.174. The Bertz CT molecular complexity index is 749. The second-order valence-electron chi connectivity index (χ2n) is 6.77. The molecule has 1 saturated carbocycles. The predicted octanol–water partition coefficient (Wildman–Crippen LogP) is 4.26. The highest BCUT2D eigenvalue weighted by atomic mass is 32.1. The number of nitrogens with zero attached hydrogens (tertiary/aromatic N) is 1. The fourth-order valence-corrected chi connectivity index (χ4v) is 3.85. The van der Waals surface area contributed by atoms with Gasteiger partial charge in [0.15, 0.2) is 0 Å². The molecule has 6 heteroatoms. The van der Waals surface area contributed by atoms with Crippen molar-refractivity contribution >= 4 is 28.9 Å². The Morgan fingerprint density at radius 2 is 1.92 bits per heavy atom. The Morgan fingerprint density at radius 1 is 1.19 bits per heavy atom. The molecular formula is C20H24N2O3S. The minimum absolute atomic E-state index is 0.0437. The maximum atomic E-state index is 12.1. The molecule has 1 amide bonds. The van der Waals surface area contributed by atoms with Crippen LogP contribution in [0.1, 0.15) is 48.4 Å². The lowest BCUT2D eigenvalue weighted by Gasteiger charge is -2.19. The number of carbonyl (C=O) groups is 2. The summed E-state index contributed by atoms with van der Waals surface area (Å²) < 4.78 is 5.40. The van der Waals surface area contributed by atoms with Crippen LogP contribution in [0.5, 0.6) is 0 Å². The maximum Gasteiger partial charge on any atom is 0.309 e. The smallest absolute Gasteiger partial charge is 0.309 e. The minimum atomic E-state index is -0.114. The van der Waals surface area contributed by atoms with E-state index in [0.717, 1.165) is 41.9 Å². The molecule has 1 N–H and O–H groups in total. The van der Waals surface area contributed by atoms with Gasteiger partial charge in [0, 0.05) is 11.1 Å². The third kappa shape index (κ3) is 5.39. The second kappa shape index (κ2) is 8.94. The van der Waals surface area contributed by atoms with E-state index in [-0.39, 0.29) is 30.8 Å². The van der Waals surface area contributed by atoms with Gasteiger partial charge in [-0.25, -0.2) is 4.98 Å². The molecule has 1 aliphatic rings. The lowest BCUT2D eigenvalue weighted by molar-refractivity contribution is -0.151. The summed E-state index contributed by atoms with van der Waals surface area (Å²) in [7, 11) is 0. The highest BCUT2D eigenvalue weighted by Crippen LogP contribution is 2.25. The van der Waals surface area contributed by atoms with E-state index in [1.54, 1.807) is 0 Å². The van der Waals surface area contributed by atoms with E-state index >= 15 is 0 Å². The number of carbonyl (C=O) groups excluding carboxylic acids is 2. The van der Waals surface area contributed by atoms with E-state index in [0.29, 0.717) is 5.69 Å². The van der Waals surface area contributed by atoms with Crippen LogP contribution >= 0.6 is 11.3 Å². The van der Waals surface area contributed by atoms with Gasteiger partial charge in [-0.15, -0.1) is 11.3 Å². The molecule has 0 unspecified atom stereocenters. The Morgan fingerprint density at radius 3 is 2.65 bits per heavy atom. The first-order valence-electron chi connectivity index (χ1n) is 9.06. The Hall–Kier alpha value is -2.21.